The van der Waals surface area contributed by atoms with Gasteiger partial charge in [-0.25, -0.2) is 0 Å². The van der Waals surface area contributed by atoms with Crippen LogP contribution in [0.5, 0.6) is 0 Å². The third kappa shape index (κ3) is 4.42. The number of aliphatic imine (C=N–C) groups is 1. The molecule has 1 heterocycles. The summed E-state index contributed by atoms with van der Waals surface area (Å²) in [6.45, 7) is 2.69. The van der Waals surface area contributed by atoms with Gasteiger partial charge in [0.25, 0.3) is 0 Å². The highest BCUT2D eigenvalue weighted by atomic mass is 16.5. The van der Waals surface area contributed by atoms with Crippen molar-refractivity contribution >= 4 is 11.6 Å². The molecule has 0 radical (unpaired) electrons. The highest BCUT2D eigenvalue weighted by Gasteiger charge is 2.34. The summed E-state index contributed by atoms with van der Waals surface area (Å²) in [5, 5.41) is 3.22. The molecule has 0 bridgehead atoms. The van der Waals surface area contributed by atoms with E-state index in [0.29, 0.717) is 19.1 Å². The van der Waals surface area contributed by atoms with Gasteiger partial charge in [0.15, 0.2) is 5.96 Å². The van der Waals surface area contributed by atoms with Crippen LogP contribution < -0.4 is 11.1 Å². The highest BCUT2D eigenvalue weighted by molar-refractivity contribution is 5.93. The van der Waals surface area contributed by atoms with Gasteiger partial charge in [-0.2, -0.15) is 0 Å². The molecule has 3 N–H and O–H groups in total. The van der Waals surface area contributed by atoms with Crippen molar-refractivity contribution in [1.82, 2.24) is 0 Å². The molecule has 1 fully saturated rings. The first-order valence-corrected chi connectivity index (χ1v) is 9.01. The summed E-state index contributed by atoms with van der Waals surface area (Å²) < 4.78 is 10.8. The second kappa shape index (κ2) is 8.83. The molecule has 0 amide bonds. The normalized spacial score (nSPS) is 17.0. The number of para-hydroxylation sites is 1. The van der Waals surface area contributed by atoms with E-state index in [1.807, 2.05) is 30.3 Å². The minimum Gasteiger partial charge on any atom is -0.381 e. The van der Waals surface area contributed by atoms with Gasteiger partial charge in [-0.05, 0) is 24.5 Å². The molecule has 0 unspecified atom stereocenters. The van der Waals surface area contributed by atoms with Gasteiger partial charge >= 0.3 is 0 Å². The molecule has 1 saturated heterocycles. The van der Waals surface area contributed by atoms with E-state index in [1.165, 1.54) is 5.56 Å². The van der Waals surface area contributed by atoms with Gasteiger partial charge in [0.05, 0.1) is 13.2 Å². The number of nitrogens with one attached hydrogen (secondary N) is 1. The molecular formula is C21H27N3O2. The summed E-state index contributed by atoms with van der Waals surface area (Å²) in [5.41, 5.74) is 9.46. The molecule has 1 aliphatic heterocycles. The Labute approximate surface area is 155 Å². The van der Waals surface area contributed by atoms with Crippen LogP contribution in [0, 0.1) is 0 Å². The molecule has 138 valence electrons. The lowest BCUT2D eigenvalue weighted by Crippen LogP contribution is -2.38. The molecule has 2 aromatic carbocycles. The molecule has 0 spiro atoms. The maximum atomic E-state index is 6.19. The summed E-state index contributed by atoms with van der Waals surface area (Å²) in [4.78, 5) is 4.68. The van der Waals surface area contributed by atoms with Gasteiger partial charge in [-0.1, -0.05) is 48.5 Å². The van der Waals surface area contributed by atoms with Crippen LogP contribution in [0.1, 0.15) is 24.0 Å². The standard InChI is InChI=1S/C21H27N3O2/c1-25-15-17-7-5-6-10-19(17)24-20(22)23-16-21(11-13-26-14-12-21)18-8-3-2-4-9-18/h2-10H,11-16H2,1H3,(H3,22,23,24). The summed E-state index contributed by atoms with van der Waals surface area (Å²) >= 11 is 0. The fourth-order valence-electron chi connectivity index (χ4n) is 3.43. The van der Waals surface area contributed by atoms with Crippen LogP contribution in [-0.4, -0.2) is 32.8 Å². The molecule has 0 atom stereocenters. The SMILES string of the molecule is COCc1ccccc1NC(N)=NCC1(c2ccccc2)CCOCC1. The summed E-state index contributed by atoms with van der Waals surface area (Å²) in [6.07, 6.45) is 1.90. The Balaban J connectivity index is 1.76. The molecular weight excluding hydrogens is 326 g/mol. The van der Waals surface area contributed by atoms with Crippen molar-refractivity contribution in [3.8, 4) is 0 Å². The maximum Gasteiger partial charge on any atom is 0.193 e. The van der Waals surface area contributed by atoms with E-state index in [2.05, 4.69) is 34.6 Å². The molecule has 3 rings (SSSR count). The molecule has 0 aromatic heterocycles. The number of methoxy groups -OCH3 is 1. The monoisotopic (exact) mass is 353 g/mol. The molecule has 0 saturated carbocycles. The zero-order valence-electron chi connectivity index (χ0n) is 15.3. The molecule has 26 heavy (non-hydrogen) atoms. The fraction of sp³-hybridized carbons (Fsp3) is 0.381. The molecule has 5 nitrogen and oxygen atoms in total. The number of hydrogen-bond donors (Lipinski definition) is 2. The van der Waals surface area contributed by atoms with E-state index in [4.69, 9.17) is 15.2 Å². The van der Waals surface area contributed by atoms with Crippen molar-refractivity contribution in [1.29, 1.82) is 0 Å². The third-order valence-corrected chi connectivity index (χ3v) is 4.97. The Morgan fingerprint density at radius 2 is 1.81 bits per heavy atom. The van der Waals surface area contributed by atoms with E-state index in [-0.39, 0.29) is 5.41 Å². The van der Waals surface area contributed by atoms with E-state index >= 15 is 0 Å². The molecule has 5 heteroatoms. The Morgan fingerprint density at radius 1 is 1.12 bits per heavy atom. The second-order valence-electron chi connectivity index (χ2n) is 6.68. The Hall–Kier alpha value is -2.37. The van der Waals surface area contributed by atoms with Crippen LogP contribution in [0.4, 0.5) is 5.69 Å². The van der Waals surface area contributed by atoms with Crippen LogP contribution in [0.15, 0.2) is 59.6 Å². The smallest absolute Gasteiger partial charge is 0.193 e. The molecule has 2 aromatic rings. The summed E-state index contributed by atoms with van der Waals surface area (Å²) in [6, 6.07) is 18.5. The predicted molar refractivity (Wildman–Crippen MR) is 105 cm³/mol. The van der Waals surface area contributed by atoms with E-state index in [1.54, 1.807) is 7.11 Å². The van der Waals surface area contributed by atoms with Crippen molar-refractivity contribution < 1.29 is 9.47 Å². The largest absolute Gasteiger partial charge is 0.381 e. The van der Waals surface area contributed by atoms with Crippen molar-refractivity contribution in [2.45, 2.75) is 24.9 Å². The average molecular weight is 353 g/mol. The fourth-order valence-corrected chi connectivity index (χ4v) is 3.43. The predicted octanol–water partition coefficient (Wildman–Crippen LogP) is 3.31. The van der Waals surface area contributed by atoms with Crippen LogP contribution in [-0.2, 0) is 21.5 Å². The van der Waals surface area contributed by atoms with Crippen molar-refractivity contribution in [3.63, 3.8) is 0 Å². The van der Waals surface area contributed by atoms with Crippen molar-refractivity contribution in [3.05, 3.63) is 65.7 Å². The number of nitrogens with zero attached hydrogens (tertiary/aromatic N) is 1. The number of nitrogens with two attached hydrogens (primary N) is 1. The first-order chi connectivity index (χ1) is 12.7. The van der Waals surface area contributed by atoms with Gasteiger partial charge in [0, 0.05) is 37.0 Å². The van der Waals surface area contributed by atoms with Crippen LogP contribution in [0.2, 0.25) is 0 Å². The highest BCUT2D eigenvalue weighted by Crippen LogP contribution is 2.35. The first kappa shape index (κ1) is 18.4. The van der Waals surface area contributed by atoms with Gasteiger partial charge in [-0.3, -0.25) is 4.99 Å². The number of benzene rings is 2. The summed E-state index contributed by atoms with van der Waals surface area (Å²) in [7, 11) is 1.68. The maximum absolute atomic E-state index is 6.19. The molecule has 1 aliphatic rings. The lowest BCUT2D eigenvalue weighted by Gasteiger charge is -2.36. The Morgan fingerprint density at radius 3 is 2.54 bits per heavy atom. The first-order valence-electron chi connectivity index (χ1n) is 9.01. The molecule has 0 aliphatic carbocycles. The van der Waals surface area contributed by atoms with Gasteiger partial charge in [0.2, 0.25) is 0 Å². The van der Waals surface area contributed by atoms with Crippen molar-refractivity contribution in [2.75, 3.05) is 32.2 Å². The lowest BCUT2D eigenvalue weighted by molar-refractivity contribution is 0.0531. The van der Waals surface area contributed by atoms with Gasteiger partial charge in [0.1, 0.15) is 0 Å². The van der Waals surface area contributed by atoms with Crippen LogP contribution in [0.25, 0.3) is 0 Å². The van der Waals surface area contributed by atoms with Crippen LogP contribution in [0.3, 0.4) is 0 Å². The van der Waals surface area contributed by atoms with Crippen molar-refractivity contribution in [2.24, 2.45) is 10.7 Å². The quantitative estimate of drug-likeness (QED) is 0.617. The lowest BCUT2D eigenvalue weighted by atomic mass is 9.74. The minimum absolute atomic E-state index is 0.0160. The number of hydrogen-bond acceptors (Lipinski definition) is 3. The zero-order valence-corrected chi connectivity index (χ0v) is 15.3. The summed E-state index contributed by atoms with van der Waals surface area (Å²) in [5.74, 6) is 0.426. The van der Waals surface area contributed by atoms with E-state index in [9.17, 15) is 0 Å². The Kier molecular flexibility index (Phi) is 6.26. The second-order valence-corrected chi connectivity index (χ2v) is 6.68. The third-order valence-electron chi connectivity index (χ3n) is 4.97. The average Bonchev–Trinajstić information content (AvgIpc) is 2.70. The Bertz CT molecular complexity index is 725. The zero-order chi connectivity index (χ0) is 18.2. The van der Waals surface area contributed by atoms with E-state index in [0.717, 1.165) is 37.3 Å². The van der Waals surface area contributed by atoms with Gasteiger partial charge in [-0.15, -0.1) is 0 Å². The topological polar surface area (TPSA) is 68.9 Å². The number of ether oxygens (including phenoxy) is 2. The number of anilines is 1. The minimum atomic E-state index is -0.0160. The van der Waals surface area contributed by atoms with Crippen LogP contribution >= 0.6 is 0 Å². The van der Waals surface area contributed by atoms with E-state index < -0.39 is 0 Å². The number of guanidine groups is 1. The van der Waals surface area contributed by atoms with Gasteiger partial charge < -0.3 is 20.5 Å². The number of rotatable bonds is 6.